The van der Waals surface area contributed by atoms with Gasteiger partial charge in [0.05, 0.1) is 6.10 Å². The zero-order chi connectivity index (χ0) is 18.7. The van der Waals surface area contributed by atoms with E-state index < -0.39 is 6.10 Å². The van der Waals surface area contributed by atoms with Gasteiger partial charge in [0.1, 0.15) is 17.1 Å². The van der Waals surface area contributed by atoms with Crippen molar-refractivity contribution in [2.45, 2.75) is 19.4 Å². The zero-order valence-corrected chi connectivity index (χ0v) is 14.5. The molecule has 0 aliphatic carbocycles. The van der Waals surface area contributed by atoms with Crippen molar-refractivity contribution in [3.63, 3.8) is 0 Å². The Bertz CT molecular complexity index is 902. The first-order valence-corrected chi connectivity index (χ1v) is 8.20. The molecule has 0 bridgehead atoms. The number of aromatic nitrogens is 1. The number of halogens is 1. The van der Waals surface area contributed by atoms with Gasteiger partial charge in [0.15, 0.2) is 5.76 Å². The number of hydrogen-bond donors (Lipinski definition) is 2. The topological polar surface area (TPSA) is 75.4 Å². The first-order valence-electron chi connectivity index (χ1n) is 8.20. The Hall–Kier alpha value is -2.99. The summed E-state index contributed by atoms with van der Waals surface area (Å²) in [6.07, 6.45) is -0.743. The molecule has 1 atom stereocenters. The third kappa shape index (κ3) is 3.65. The van der Waals surface area contributed by atoms with Crippen LogP contribution in [0.25, 0.3) is 11.3 Å². The van der Waals surface area contributed by atoms with Crippen LogP contribution >= 0.6 is 0 Å². The van der Waals surface area contributed by atoms with E-state index in [0.717, 1.165) is 11.1 Å². The lowest BCUT2D eigenvalue weighted by atomic mass is 9.99. The van der Waals surface area contributed by atoms with E-state index in [0.29, 0.717) is 11.3 Å². The second kappa shape index (κ2) is 7.49. The van der Waals surface area contributed by atoms with Gasteiger partial charge in [-0.3, -0.25) is 4.79 Å². The minimum Gasteiger partial charge on any atom is -0.388 e. The van der Waals surface area contributed by atoms with Crippen LogP contribution < -0.4 is 5.32 Å². The summed E-state index contributed by atoms with van der Waals surface area (Å²) in [5, 5.41) is 17.0. The van der Waals surface area contributed by atoms with E-state index in [-0.39, 0.29) is 29.5 Å². The van der Waals surface area contributed by atoms with Crippen molar-refractivity contribution in [3.05, 3.63) is 76.8 Å². The average Bonchev–Trinajstić information content (AvgIpc) is 3.05. The number of nitrogens with one attached hydrogen (secondary N) is 1. The second-order valence-corrected chi connectivity index (χ2v) is 6.05. The molecule has 3 aromatic rings. The van der Waals surface area contributed by atoms with Crippen LogP contribution in [-0.4, -0.2) is 23.2 Å². The number of amides is 1. The van der Waals surface area contributed by atoms with Crippen LogP contribution in [0, 0.1) is 12.7 Å². The van der Waals surface area contributed by atoms with Crippen molar-refractivity contribution in [2.75, 3.05) is 7.05 Å². The number of carbonyl (C=O) groups is 1. The lowest BCUT2D eigenvalue weighted by molar-refractivity contribution is 0.0959. The first kappa shape index (κ1) is 17.8. The maximum atomic E-state index is 13.2. The first-order chi connectivity index (χ1) is 12.5. The predicted octanol–water partition coefficient (Wildman–Crippen LogP) is 3.42. The molecule has 0 saturated heterocycles. The molecule has 1 aromatic heterocycles. The van der Waals surface area contributed by atoms with E-state index in [9.17, 15) is 14.3 Å². The van der Waals surface area contributed by atoms with E-state index >= 15 is 0 Å². The molecule has 1 unspecified atom stereocenters. The molecule has 5 nitrogen and oxygen atoms in total. The Morgan fingerprint density at radius 1 is 1.19 bits per heavy atom. The highest BCUT2D eigenvalue weighted by Gasteiger charge is 2.25. The van der Waals surface area contributed by atoms with Crippen LogP contribution in [0.3, 0.4) is 0 Å². The zero-order valence-electron chi connectivity index (χ0n) is 14.5. The van der Waals surface area contributed by atoms with Gasteiger partial charge in [-0.05, 0) is 36.8 Å². The van der Waals surface area contributed by atoms with E-state index in [4.69, 9.17) is 4.52 Å². The summed E-state index contributed by atoms with van der Waals surface area (Å²) in [5.74, 6) is -0.484. The molecule has 26 heavy (non-hydrogen) atoms. The number of rotatable bonds is 5. The van der Waals surface area contributed by atoms with Gasteiger partial charge < -0.3 is 14.9 Å². The van der Waals surface area contributed by atoms with Crippen molar-refractivity contribution < 1.29 is 18.8 Å². The Balaban J connectivity index is 1.95. The number of nitrogens with zero attached hydrogens (tertiary/aromatic N) is 1. The molecule has 0 fully saturated rings. The molecule has 0 aliphatic rings. The van der Waals surface area contributed by atoms with Gasteiger partial charge in [0.2, 0.25) is 0 Å². The van der Waals surface area contributed by atoms with Crippen molar-refractivity contribution in [1.82, 2.24) is 10.5 Å². The van der Waals surface area contributed by atoms with E-state index in [1.807, 2.05) is 31.2 Å². The standard InChI is InChI=1S/C20H19FN2O3/c1-12-3-5-13(6-4-12)16(24)11-17-18(20(25)22-2)19(23-26-17)14-7-9-15(21)10-8-14/h3-10,16,24H,11H2,1-2H3,(H,22,25). The SMILES string of the molecule is CNC(=O)c1c(-c2ccc(F)cc2)noc1CC(O)c1ccc(C)cc1. The number of aliphatic hydroxyl groups excluding tert-OH is 1. The molecule has 134 valence electrons. The lowest BCUT2D eigenvalue weighted by Gasteiger charge is -2.10. The quantitative estimate of drug-likeness (QED) is 0.736. The summed E-state index contributed by atoms with van der Waals surface area (Å²) in [6.45, 7) is 1.96. The molecule has 2 N–H and O–H groups in total. The minimum absolute atomic E-state index is 0.0972. The fourth-order valence-electron chi connectivity index (χ4n) is 2.71. The number of aliphatic hydroxyl groups is 1. The van der Waals surface area contributed by atoms with Gasteiger partial charge in [-0.25, -0.2) is 4.39 Å². The van der Waals surface area contributed by atoms with Crippen molar-refractivity contribution in [3.8, 4) is 11.3 Å². The average molecular weight is 354 g/mol. The van der Waals surface area contributed by atoms with Crippen molar-refractivity contribution in [1.29, 1.82) is 0 Å². The molecule has 1 amide bonds. The largest absolute Gasteiger partial charge is 0.388 e. The molecule has 0 aliphatic heterocycles. The number of hydrogen-bond acceptors (Lipinski definition) is 4. The predicted molar refractivity (Wildman–Crippen MR) is 95.1 cm³/mol. The maximum absolute atomic E-state index is 13.2. The molecule has 0 spiro atoms. The molecule has 0 saturated carbocycles. The third-order valence-corrected chi connectivity index (χ3v) is 4.18. The third-order valence-electron chi connectivity index (χ3n) is 4.18. The van der Waals surface area contributed by atoms with Gasteiger partial charge in [-0.15, -0.1) is 0 Å². The highest BCUT2D eigenvalue weighted by Crippen LogP contribution is 2.29. The molecule has 1 heterocycles. The van der Waals surface area contributed by atoms with Crippen LogP contribution in [0.5, 0.6) is 0 Å². The van der Waals surface area contributed by atoms with Crippen LogP contribution in [0.15, 0.2) is 53.1 Å². The fraction of sp³-hybridized carbons (Fsp3) is 0.200. The van der Waals surface area contributed by atoms with Gasteiger partial charge in [-0.1, -0.05) is 35.0 Å². The van der Waals surface area contributed by atoms with Gasteiger partial charge in [0.25, 0.3) is 5.91 Å². The Morgan fingerprint density at radius 3 is 2.46 bits per heavy atom. The molecular weight excluding hydrogens is 335 g/mol. The van der Waals surface area contributed by atoms with Crippen LogP contribution in [0.4, 0.5) is 4.39 Å². The Labute approximate surface area is 150 Å². The lowest BCUT2D eigenvalue weighted by Crippen LogP contribution is -2.20. The number of benzene rings is 2. The number of aryl methyl sites for hydroxylation is 1. The summed E-state index contributed by atoms with van der Waals surface area (Å²) in [5.41, 5.74) is 2.93. The normalized spacial score (nSPS) is 12.0. The Morgan fingerprint density at radius 2 is 1.85 bits per heavy atom. The van der Waals surface area contributed by atoms with E-state index in [1.54, 1.807) is 0 Å². The second-order valence-electron chi connectivity index (χ2n) is 6.05. The van der Waals surface area contributed by atoms with Crippen molar-refractivity contribution in [2.24, 2.45) is 0 Å². The molecule has 3 rings (SSSR count). The molecular formula is C20H19FN2O3. The monoisotopic (exact) mass is 354 g/mol. The highest BCUT2D eigenvalue weighted by atomic mass is 19.1. The van der Waals surface area contributed by atoms with Gasteiger partial charge in [-0.2, -0.15) is 0 Å². The summed E-state index contributed by atoms with van der Waals surface area (Å²) >= 11 is 0. The minimum atomic E-state index is -0.840. The number of carbonyl (C=O) groups excluding carboxylic acids is 1. The van der Waals surface area contributed by atoms with Crippen LogP contribution in [0.1, 0.15) is 33.3 Å². The molecule has 0 radical (unpaired) electrons. The summed E-state index contributed by atoms with van der Waals surface area (Å²) < 4.78 is 18.5. The Kier molecular flexibility index (Phi) is 5.14. The summed E-state index contributed by atoms with van der Waals surface area (Å²) in [7, 11) is 1.50. The fourth-order valence-corrected chi connectivity index (χ4v) is 2.71. The van der Waals surface area contributed by atoms with Crippen molar-refractivity contribution >= 4 is 5.91 Å². The maximum Gasteiger partial charge on any atom is 0.256 e. The summed E-state index contributed by atoms with van der Waals surface area (Å²) in [4.78, 5) is 12.4. The van der Waals surface area contributed by atoms with E-state index in [2.05, 4.69) is 10.5 Å². The van der Waals surface area contributed by atoms with Gasteiger partial charge in [0, 0.05) is 19.0 Å². The molecule has 6 heteroatoms. The summed E-state index contributed by atoms with van der Waals surface area (Å²) in [6, 6.07) is 13.1. The smallest absolute Gasteiger partial charge is 0.256 e. The van der Waals surface area contributed by atoms with Crippen LogP contribution in [-0.2, 0) is 6.42 Å². The van der Waals surface area contributed by atoms with Crippen LogP contribution in [0.2, 0.25) is 0 Å². The molecule has 2 aromatic carbocycles. The highest BCUT2D eigenvalue weighted by molar-refractivity contribution is 6.00. The van der Waals surface area contributed by atoms with E-state index in [1.165, 1.54) is 31.3 Å². The van der Waals surface area contributed by atoms with Gasteiger partial charge >= 0.3 is 0 Å².